The molecule has 240 valence electrons. The number of aromatic nitrogens is 1. The summed E-state index contributed by atoms with van der Waals surface area (Å²) in [7, 11) is 0. The van der Waals surface area contributed by atoms with Gasteiger partial charge in [-0.3, -0.25) is 4.98 Å². The predicted octanol–water partition coefficient (Wildman–Crippen LogP) is 12.7. The average molecular weight is 645 g/mol. The Hall–Kier alpha value is -5.93. The number of rotatable bonds is 4. The molecule has 0 radical (unpaired) electrons. The van der Waals surface area contributed by atoms with Crippen LogP contribution < -0.4 is 4.90 Å². The summed E-state index contributed by atoms with van der Waals surface area (Å²) in [5, 5.41) is 2.27. The van der Waals surface area contributed by atoms with E-state index in [1.165, 1.54) is 50.1 Å². The highest BCUT2D eigenvalue weighted by molar-refractivity contribution is 6.07. The van der Waals surface area contributed by atoms with Crippen LogP contribution in [0.25, 0.3) is 55.4 Å². The molecule has 2 aliphatic rings. The van der Waals surface area contributed by atoms with Crippen molar-refractivity contribution in [3.05, 3.63) is 168 Å². The maximum absolute atomic E-state index is 6.34. The highest BCUT2D eigenvalue weighted by Crippen LogP contribution is 2.53. The third kappa shape index (κ3) is 4.07. The monoisotopic (exact) mass is 644 g/mol. The van der Waals surface area contributed by atoms with E-state index in [1.54, 1.807) is 0 Å². The number of para-hydroxylation sites is 1. The number of nitrogens with zero attached hydrogens (tertiary/aromatic N) is 2. The topological polar surface area (TPSA) is 29.3 Å². The van der Waals surface area contributed by atoms with Crippen LogP contribution in [0.5, 0.6) is 0 Å². The number of anilines is 3. The van der Waals surface area contributed by atoms with Crippen LogP contribution in [0.2, 0.25) is 0 Å². The van der Waals surface area contributed by atoms with Gasteiger partial charge in [-0.15, -0.1) is 0 Å². The van der Waals surface area contributed by atoms with Crippen molar-refractivity contribution in [2.24, 2.45) is 0 Å². The Morgan fingerprint density at radius 2 is 1.10 bits per heavy atom. The normalized spacial score (nSPS) is 14.7. The van der Waals surface area contributed by atoms with Crippen molar-refractivity contribution < 1.29 is 4.42 Å². The van der Waals surface area contributed by atoms with Gasteiger partial charge in [0, 0.05) is 38.5 Å². The lowest BCUT2D eigenvalue weighted by Gasteiger charge is -2.29. The van der Waals surface area contributed by atoms with Crippen molar-refractivity contribution in [1.82, 2.24) is 4.98 Å². The summed E-state index contributed by atoms with van der Waals surface area (Å²) in [4.78, 5) is 7.64. The highest BCUT2D eigenvalue weighted by Gasteiger charge is 2.39. The van der Waals surface area contributed by atoms with E-state index in [-0.39, 0.29) is 10.8 Å². The van der Waals surface area contributed by atoms with Crippen LogP contribution in [0, 0.1) is 0 Å². The molecule has 0 fully saturated rings. The molecule has 0 atom stereocenters. The number of benzene rings is 6. The first-order valence-electron chi connectivity index (χ1n) is 17.5. The minimum absolute atomic E-state index is 0.105. The molecule has 6 aromatic carbocycles. The summed E-state index contributed by atoms with van der Waals surface area (Å²) >= 11 is 0. The number of hydrogen-bond donors (Lipinski definition) is 0. The first-order chi connectivity index (χ1) is 24.3. The molecule has 3 heteroatoms. The number of furan rings is 1. The van der Waals surface area contributed by atoms with Gasteiger partial charge in [0.1, 0.15) is 11.2 Å². The van der Waals surface area contributed by atoms with Gasteiger partial charge in [0.05, 0.1) is 17.6 Å². The smallest absolute Gasteiger partial charge is 0.135 e. The van der Waals surface area contributed by atoms with E-state index in [0.717, 1.165) is 44.7 Å². The van der Waals surface area contributed by atoms with E-state index >= 15 is 0 Å². The molecule has 3 nitrogen and oxygen atoms in total. The minimum atomic E-state index is -0.259. The molecule has 2 aliphatic carbocycles. The number of hydrogen-bond acceptors (Lipinski definition) is 3. The van der Waals surface area contributed by atoms with Crippen LogP contribution in [0.1, 0.15) is 49.9 Å². The Labute approximate surface area is 292 Å². The van der Waals surface area contributed by atoms with Crippen LogP contribution in [0.3, 0.4) is 0 Å². The fourth-order valence-corrected chi connectivity index (χ4v) is 8.61. The zero-order valence-corrected chi connectivity index (χ0v) is 28.7. The SMILES string of the molecule is CC1(C)c2ccccc2-c2ccc(N(c3ccc(-c4ccccc4)cc3)c3cnc4c(c3)C(C)(C)c3cc5oc6ccccc6c5cc3-4)cc21. The summed E-state index contributed by atoms with van der Waals surface area (Å²) in [6, 6.07) is 50.5. The van der Waals surface area contributed by atoms with Crippen LogP contribution in [0.4, 0.5) is 17.1 Å². The standard InChI is InChI=1S/C47H36N2O/c1-46(2)39-16-10-8-14-34(39)35-23-22-32(24-40(35)46)49(31-20-18-30(19-21-31)29-12-6-5-7-13-29)33-25-42-45(48-28-33)38-26-37-36-15-9-11-17-43(36)50-44(37)27-41(38)47(42,3)4/h5-28H,1-4H3. The third-order valence-electron chi connectivity index (χ3n) is 11.3. The lowest BCUT2D eigenvalue weighted by molar-refractivity contribution is 0.646. The van der Waals surface area contributed by atoms with Gasteiger partial charge < -0.3 is 9.32 Å². The fraction of sp³-hybridized carbons (Fsp3) is 0.128. The van der Waals surface area contributed by atoms with Crippen LogP contribution in [0.15, 0.2) is 150 Å². The van der Waals surface area contributed by atoms with Crippen molar-refractivity contribution in [3.63, 3.8) is 0 Å². The maximum Gasteiger partial charge on any atom is 0.135 e. The summed E-state index contributed by atoms with van der Waals surface area (Å²) in [5.74, 6) is 0. The highest BCUT2D eigenvalue weighted by atomic mass is 16.3. The summed E-state index contributed by atoms with van der Waals surface area (Å²) < 4.78 is 6.34. The zero-order chi connectivity index (χ0) is 33.8. The Kier molecular flexibility index (Phi) is 5.97. The fourth-order valence-electron chi connectivity index (χ4n) is 8.61. The zero-order valence-electron chi connectivity index (χ0n) is 28.7. The van der Waals surface area contributed by atoms with E-state index in [1.807, 2.05) is 12.1 Å². The maximum atomic E-state index is 6.34. The largest absolute Gasteiger partial charge is 0.456 e. The molecule has 0 saturated carbocycles. The van der Waals surface area contributed by atoms with Crippen LogP contribution in [-0.4, -0.2) is 4.98 Å². The molecule has 0 bridgehead atoms. The second-order valence-electron chi connectivity index (χ2n) is 14.9. The Balaban J connectivity index is 1.14. The van der Waals surface area contributed by atoms with Gasteiger partial charge in [0.25, 0.3) is 0 Å². The molecular weight excluding hydrogens is 609 g/mol. The van der Waals surface area contributed by atoms with Gasteiger partial charge in [-0.2, -0.15) is 0 Å². The summed E-state index contributed by atoms with van der Waals surface area (Å²) in [5.41, 5.74) is 17.2. The Bertz CT molecular complexity index is 2640. The molecule has 50 heavy (non-hydrogen) atoms. The molecule has 0 unspecified atom stereocenters. The lowest BCUT2D eigenvalue weighted by atomic mass is 9.82. The molecule has 0 amide bonds. The molecular formula is C47H36N2O. The second-order valence-corrected chi connectivity index (χ2v) is 14.9. The minimum Gasteiger partial charge on any atom is -0.456 e. The van der Waals surface area contributed by atoms with E-state index in [2.05, 4.69) is 166 Å². The van der Waals surface area contributed by atoms with Gasteiger partial charge >= 0.3 is 0 Å². The van der Waals surface area contributed by atoms with E-state index < -0.39 is 0 Å². The third-order valence-corrected chi connectivity index (χ3v) is 11.3. The van der Waals surface area contributed by atoms with Gasteiger partial charge in [0.2, 0.25) is 0 Å². The van der Waals surface area contributed by atoms with Gasteiger partial charge in [-0.1, -0.05) is 119 Å². The average Bonchev–Trinajstić information content (AvgIpc) is 3.71. The van der Waals surface area contributed by atoms with Crippen molar-refractivity contribution in [2.75, 3.05) is 4.90 Å². The number of pyridine rings is 1. The second kappa shape index (κ2) is 10.3. The summed E-state index contributed by atoms with van der Waals surface area (Å²) in [6.45, 7) is 9.31. The molecule has 8 aromatic rings. The van der Waals surface area contributed by atoms with Gasteiger partial charge in [-0.25, -0.2) is 0 Å². The first kappa shape index (κ1) is 29.0. The molecule has 0 aliphatic heterocycles. The molecule has 2 aromatic heterocycles. The lowest BCUT2D eigenvalue weighted by Crippen LogP contribution is -2.18. The van der Waals surface area contributed by atoms with Crippen molar-refractivity contribution in [2.45, 2.75) is 38.5 Å². The predicted molar refractivity (Wildman–Crippen MR) is 207 cm³/mol. The van der Waals surface area contributed by atoms with E-state index in [4.69, 9.17) is 9.40 Å². The van der Waals surface area contributed by atoms with Crippen LogP contribution >= 0.6 is 0 Å². The van der Waals surface area contributed by atoms with E-state index in [0.29, 0.717) is 0 Å². The quantitative estimate of drug-likeness (QED) is 0.191. The van der Waals surface area contributed by atoms with Gasteiger partial charge in [-0.05, 0) is 93.0 Å². The van der Waals surface area contributed by atoms with Crippen molar-refractivity contribution in [1.29, 1.82) is 0 Å². The van der Waals surface area contributed by atoms with Crippen molar-refractivity contribution in [3.8, 4) is 33.5 Å². The van der Waals surface area contributed by atoms with E-state index in [9.17, 15) is 0 Å². The summed E-state index contributed by atoms with van der Waals surface area (Å²) in [6.07, 6.45) is 2.06. The van der Waals surface area contributed by atoms with Crippen LogP contribution in [-0.2, 0) is 10.8 Å². The molecule has 10 rings (SSSR count). The molecule has 2 heterocycles. The first-order valence-corrected chi connectivity index (χ1v) is 17.5. The molecule has 0 N–H and O–H groups in total. The van der Waals surface area contributed by atoms with Gasteiger partial charge in [0.15, 0.2) is 0 Å². The Morgan fingerprint density at radius 3 is 1.94 bits per heavy atom. The Morgan fingerprint density at radius 1 is 0.460 bits per heavy atom. The van der Waals surface area contributed by atoms with Crippen molar-refractivity contribution >= 4 is 39.0 Å². The number of fused-ring (bicyclic) bond motifs is 9. The molecule has 0 spiro atoms. The molecule has 0 saturated heterocycles.